The predicted molar refractivity (Wildman–Crippen MR) is 144 cm³/mol. The van der Waals surface area contributed by atoms with Crippen molar-refractivity contribution < 1.29 is 22.7 Å². The highest BCUT2D eigenvalue weighted by Gasteiger charge is 2.32. The first-order chi connectivity index (χ1) is 16.9. The van der Waals surface area contributed by atoms with Crippen molar-refractivity contribution in [3.63, 3.8) is 0 Å². The van der Waals surface area contributed by atoms with Gasteiger partial charge in [-0.25, -0.2) is 8.42 Å². The second-order valence-corrected chi connectivity index (χ2v) is 11.4. The van der Waals surface area contributed by atoms with Crippen molar-refractivity contribution in [3.8, 4) is 5.75 Å². The Morgan fingerprint density at radius 2 is 1.78 bits per heavy atom. The van der Waals surface area contributed by atoms with Crippen LogP contribution in [-0.2, 0) is 26.2 Å². The number of nitrogens with one attached hydrogen (secondary N) is 1. The van der Waals surface area contributed by atoms with Gasteiger partial charge in [0, 0.05) is 13.1 Å². The van der Waals surface area contributed by atoms with Gasteiger partial charge < -0.3 is 15.0 Å². The molecule has 0 aromatic heterocycles. The SMILES string of the molecule is CC[C@H](C(=O)NCC(C)C)N(Cc1cccc(OC)c1)C(=O)CN(c1ccc(C)cc1C)S(C)(=O)=O. The molecule has 0 aliphatic rings. The number of amides is 2. The van der Waals surface area contributed by atoms with Crippen molar-refractivity contribution in [1.82, 2.24) is 10.2 Å². The van der Waals surface area contributed by atoms with Gasteiger partial charge in [-0.2, -0.15) is 0 Å². The third-order valence-corrected chi connectivity index (χ3v) is 6.98. The van der Waals surface area contributed by atoms with Crippen LogP contribution in [0.4, 0.5) is 5.69 Å². The summed E-state index contributed by atoms with van der Waals surface area (Å²) in [6, 6.07) is 11.9. The van der Waals surface area contributed by atoms with Crippen LogP contribution in [0.5, 0.6) is 5.75 Å². The largest absolute Gasteiger partial charge is 0.497 e. The monoisotopic (exact) mass is 517 g/mol. The molecule has 0 aliphatic carbocycles. The average Bonchev–Trinajstić information content (AvgIpc) is 2.80. The fourth-order valence-electron chi connectivity index (χ4n) is 3.99. The zero-order valence-electron chi connectivity index (χ0n) is 22.4. The summed E-state index contributed by atoms with van der Waals surface area (Å²) in [6.45, 7) is 9.76. The van der Waals surface area contributed by atoms with E-state index in [4.69, 9.17) is 4.74 Å². The summed E-state index contributed by atoms with van der Waals surface area (Å²) in [5.74, 6) is 0.152. The van der Waals surface area contributed by atoms with Crippen LogP contribution in [0.15, 0.2) is 42.5 Å². The number of carbonyl (C=O) groups is 2. The molecule has 2 aromatic rings. The van der Waals surface area contributed by atoms with Gasteiger partial charge in [-0.1, -0.05) is 50.6 Å². The van der Waals surface area contributed by atoms with Gasteiger partial charge in [0.1, 0.15) is 18.3 Å². The molecular formula is C27H39N3O5S. The van der Waals surface area contributed by atoms with Crippen LogP contribution in [-0.4, -0.2) is 57.6 Å². The van der Waals surface area contributed by atoms with E-state index in [1.54, 1.807) is 25.3 Å². The number of sulfonamides is 1. The van der Waals surface area contributed by atoms with Gasteiger partial charge >= 0.3 is 0 Å². The standard InChI is InChI=1S/C27H39N3O5S/c1-8-24(27(32)28-16-19(2)3)29(17-22-10-9-11-23(15-22)35-6)26(31)18-30(36(7,33)34)25-13-12-20(4)14-21(25)5/h9-15,19,24H,8,16-18H2,1-7H3,(H,28,32)/t24-/m1/s1. The Hall–Kier alpha value is -3.07. The molecule has 0 spiro atoms. The van der Waals surface area contributed by atoms with Crippen molar-refractivity contribution in [3.05, 3.63) is 59.2 Å². The second kappa shape index (κ2) is 12.8. The summed E-state index contributed by atoms with van der Waals surface area (Å²) in [7, 11) is -2.21. The van der Waals surface area contributed by atoms with E-state index in [9.17, 15) is 18.0 Å². The number of benzene rings is 2. The van der Waals surface area contributed by atoms with Crippen LogP contribution in [0.25, 0.3) is 0 Å². The van der Waals surface area contributed by atoms with Crippen LogP contribution in [0.1, 0.15) is 43.9 Å². The molecule has 1 N–H and O–H groups in total. The molecule has 0 heterocycles. The molecule has 0 fully saturated rings. The van der Waals surface area contributed by atoms with E-state index in [2.05, 4.69) is 5.32 Å². The van der Waals surface area contributed by atoms with Crippen LogP contribution in [0, 0.1) is 19.8 Å². The van der Waals surface area contributed by atoms with Gasteiger partial charge in [0.25, 0.3) is 0 Å². The van der Waals surface area contributed by atoms with Gasteiger partial charge in [-0.15, -0.1) is 0 Å². The molecule has 0 saturated heterocycles. The maximum Gasteiger partial charge on any atom is 0.244 e. The van der Waals surface area contributed by atoms with Gasteiger partial charge in [-0.3, -0.25) is 13.9 Å². The molecule has 0 radical (unpaired) electrons. The first kappa shape index (κ1) is 29.2. The number of hydrogen-bond acceptors (Lipinski definition) is 5. The molecule has 0 unspecified atom stereocenters. The Bertz CT molecular complexity index is 1160. The lowest BCUT2D eigenvalue weighted by atomic mass is 10.1. The summed E-state index contributed by atoms with van der Waals surface area (Å²) in [5, 5.41) is 2.92. The van der Waals surface area contributed by atoms with E-state index in [1.807, 2.05) is 58.9 Å². The van der Waals surface area contributed by atoms with E-state index >= 15 is 0 Å². The number of nitrogens with zero attached hydrogens (tertiary/aromatic N) is 2. The zero-order valence-corrected chi connectivity index (χ0v) is 23.2. The number of methoxy groups -OCH3 is 1. The number of carbonyl (C=O) groups excluding carboxylic acids is 2. The van der Waals surface area contributed by atoms with Crippen molar-refractivity contribution in [2.45, 2.75) is 53.6 Å². The average molecular weight is 518 g/mol. The van der Waals surface area contributed by atoms with Crippen molar-refractivity contribution >= 4 is 27.5 Å². The molecule has 0 bridgehead atoms. The topological polar surface area (TPSA) is 96.0 Å². The molecule has 2 amide bonds. The fourth-order valence-corrected chi connectivity index (χ4v) is 4.90. The summed E-state index contributed by atoms with van der Waals surface area (Å²) < 4.78 is 32.0. The first-order valence-electron chi connectivity index (χ1n) is 12.1. The molecule has 0 aliphatic heterocycles. The highest BCUT2D eigenvalue weighted by molar-refractivity contribution is 7.92. The predicted octanol–water partition coefficient (Wildman–Crippen LogP) is 3.66. The number of ether oxygens (including phenoxy) is 1. The molecule has 2 rings (SSSR count). The smallest absolute Gasteiger partial charge is 0.244 e. The Morgan fingerprint density at radius 3 is 2.33 bits per heavy atom. The Labute approximate surface area is 215 Å². The van der Waals surface area contributed by atoms with Crippen molar-refractivity contribution in [2.24, 2.45) is 5.92 Å². The first-order valence-corrected chi connectivity index (χ1v) is 14.0. The van der Waals surface area contributed by atoms with Gasteiger partial charge in [0.05, 0.1) is 19.1 Å². The van der Waals surface area contributed by atoms with Crippen molar-refractivity contribution in [2.75, 3.05) is 30.8 Å². The molecule has 8 nitrogen and oxygen atoms in total. The second-order valence-electron chi connectivity index (χ2n) is 9.50. The van der Waals surface area contributed by atoms with E-state index in [1.165, 1.54) is 4.90 Å². The minimum atomic E-state index is -3.77. The van der Waals surface area contributed by atoms with Gasteiger partial charge in [0.2, 0.25) is 21.8 Å². The van der Waals surface area contributed by atoms with Crippen LogP contribution in [0.2, 0.25) is 0 Å². The lowest BCUT2D eigenvalue weighted by molar-refractivity contribution is -0.140. The maximum absolute atomic E-state index is 13.8. The van der Waals surface area contributed by atoms with E-state index in [-0.39, 0.29) is 18.4 Å². The number of aryl methyl sites for hydroxylation is 2. The summed E-state index contributed by atoms with van der Waals surface area (Å²) in [6.07, 6.45) is 1.46. The third-order valence-electron chi connectivity index (χ3n) is 5.86. The number of rotatable bonds is 12. The van der Waals surface area contributed by atoms with Crippen LogP contribution >= 0.6 is 0 Å². The number of anilines is 1. The van der Waals surface area contributed by atoms with Gasteiger partial charge in [-0.05, 0) is 55.5 Å². The Kier molecular flexibility index (Phi) is 10.3. The quantitative estimate of drug-likeness (QED) is 0.464. The summed E-state index contributed by atoms with van der Waals surface area (Å²) in [5.41, 5.74) is 2.95. The molecule has 1 atom stereocenters. The number of hydrogen-bond donors (Lipinski definition) is 1. The van der Waals surface area contributed by atoms with E-state index < -0.39 is 28.5 Å². The zero-order chi connectivity index (χ0) is 27.0. The van der Waals surface area contributed by atoms with Gasteiger partial charge in [0.15, 0.2) is 0 Å². The van der Waals surface area contributed by atoms with Crippen molar-refractivity contribution in [1.29, 1.82) is 0 Å². The molecule has 0 saturated carbocycles. The molecule has 36 heavy (non-hydrogen) atoms. The van der Waals surface area contributed by atoms with Crippen LogP contribution in [0.3, 0.4) is 0 Å². The third kappa shape index (κ3) is 7.98. The normalized spacial score (nSPS) is 12.2. The van der Waals surface area contributed by atoms with Crippen LogP contribution < -0.4 is 14.4 Å². The molecular weight excluding hydrogens is 478 g/mol. The fraction of sp³-hybridized carbons (Fsp3) is 0.481. The maximum atomic E-state index is 13.8. The highest BCUT2D eigenvalue weighted by Crippen LogP contribution is 2.25. The highest BCUT2D eigenvalue weighted by atomic mass is 32.2. The Morgan fingerprint density at radius 1 is 1.08 bits per heavy atom. The molecule has 9 heteroatoms. The summed E-state index contributed by atoms with van der Waals surface area (Å²) in [4.78, 5) is 28.3. The lowest BCUT2D eigenvalue weighted by Crippen LogP contribution is -2.52. The minimum Gasteiger partial charge on any atom is -0.497 e. The Balaban J connectivity index is 2.47. The lowest BCUT2D eigenvalue weighted by Gasteiger charge is -2.33. The van der Waals surface area contributed by atoms with E-state index in [0.717, 1.165) is 27.3 Å². The minimum absolute atomic E-state index is 0.133. The van der Waals surface area contributed by atoms with E-state index in [0.29, 0.717) is 24.4 Å². The molecule has 198 valence electrons. The molecule has 2 aromatic carbocycles. The summed E-state index contributed by atoms with van der Waals surface area (Å²) >= 11 is 0.